The highest BCUT2D eigenvalue weighted by molar-refractivity contribution is 4.99. The van der Waals surface area contributed by atoms with E-state index in [0.717, 1.165) is 38.9 Å². The fourth-order valence-corrected chi connectivity index (χ4v) is 2.62. The molecular formula is C13H24N4. The van der Waals surface area contributed by atoms with Crippen molar-refractivity contribution in [3.63, 3.8) is 0 Å². The molecule has 0 radical (unpaired) electrons. The van der Waals surface area contributed by atoms with Crippen molar-refractivity contribution in [3.8, 4) is 0 Å². The van der Waals surface area contributed by atoms with Gasteiger partial charge in [0.25, 0.3) is 0 Å². The Morgan fingerprint density at radius 2 is 2.35 bits per heavy atom. The second-order valence-corrected chi connectivity index (χ2v) is 5.18. The van der Waals surface area contributed by atoms with E-state index in [0.29, 0.717) is 12.1 Å². The molecule has 0 amide bonds. The fourth-order valence-electron chi connectivity index (χ4n) is 2.62. The lowest BCUT2D eigenvalue weighted by Crippen LogP contribution is -2.45. The van der Waals surface area contributed by atoms with E-state index in [1.165, 1.54) is 5.69 Å². The normalized spacial score (nSPS) is 26.3. The van der Waals surface area contributed by atoms with Crippen molar-refractivity contribution in [2.24, 2.45) is 5.73 Å². The molecule has 1 aromatic heterocycles. The molecule has 1 aliphatic rings. The van der Waals surface area contributed by atoms with Gasteiger partial charge in [-0.25, -0.2) is 4.98 Å². The fraction of sp³-hybridized carbons (Fsp3) is 0.769. The molecule has 0 aromatic carbocycles. The predicted octanol–water partition coefficient (Wildman–Crippen LogP) is 1.60. The van der Waals surface area contributed by atoms with Crippen molar-refractivity contribution in [2.75, 3.05) is 6.54 Å². The summed E-state index contributed by atoms with van der Waals surface area (Å²) in [6.45, 7) is 7.66. The van der Waals surface area contributed by atoms with E-state index in [4.69, 9.17) is 5.73 Å². The van der Waals surface area contributed by atoms with Crippen LogP contribution < -0.4 is 5.73 Å². The first kappa shape index (κ1) is 12.6. The zero-order valence-electron chi connectivity index (χ0n) is 11.0. The molecule has 0 bridgehead atoms. The summed E-state index contributed by atoms with van der Waals surface area (Å²) in [7, 11) is 0. The van der Waals surface area contributed by atoms with E-state index in [-0.39, 0.29) is 0 Å². The summed E-state index contributed by atoms with van der Waals surface area (Å²) in [4.78, 5) is 6.78. The number of aromatic nitrogens is 2. The number of hydrogen-bond donors (Lipinski definition) is 1. The number of rotatable bonds is 4. The highest BCUT2D eigenvalue weighted by Crippen LogP contribution is 2.18. The summed E-state index contributed by atoms with van der Waals surface area (Å²) >= 11 is 0. The Morgan fingerprint density at radius 3 is 3.06 bits per heavy atom. The Kier molecular flexibility index (Phi) is 4.18. The molecule has 1 fully saturated rings. The molecule has 2 N–H and O–H groups in total. The molecule has 2 rings (SSSR count). The van der Waals surface area contributed by atoms with Gasteiger partial charge in [-0.1, -0.05) is 6.92 Å². The van der Waals surface area contributed by atoms with Gasteiger partial charge in [-0.2, -0.15) is 0 Å². The quantitative estimate of drug-likeness (QED) is 0.864. The maximum absolute atomic E-state index is 5.99. The molecule has 1 aliphatic heterocycles. The van der Waals surface area contributed by atoms with Crippen LogP contribution in [0.25, 0.3) is 0 Å². The molecule has 0 spiro atoms. The first-order chi connectivity index (χ1) is 8.20. The molecule has 2 atom stereocenters. The number of nitrogens with two attached hydrogens (primary N) is 1. The van der Waals surface area contributed by atoms with Crippen LogP contribution in [0.15, 0.2) is 12.5 Å². The van der Waals surface area contributed by atoms with Crippen LogP contribution in [-0.4, -0.2) is 33.1 Å². The van der Waals surface area contributed by atoms with E-state index >= 15 is 0 Å². The van der Waals surface area contributed by atoms with Crippen LogP contribution in [0.2, 0.25) is 0 Å². The summed E-state index contributed by atoms with van der Waals surface area (Å²) in [5, 5.41) is 0. The third-order valence-electron chi connectivity index (χ3n) is 3.68. The minimum Gasteiger partial charge on any atom is -0.333 e. The largest absolute Gasteiger partial charge is 0.333 e. The van der Waals surface area contributed by atoms with Gasteiger partial charge >= 0.3 is 0 Å². The number of likely N-dealkylation sites (tertiary alicyclic amines) is 1. The molecule has 1 saturated heterocycles. The molecule has 4 heteroatoms. The topological polar surface area (TPSA) is 47.1 Å². The number of hydrogen-bond acceptors (Lipinski definition) is 3. The molecule has 17 heavy (non-hydrogen) atoms. The Labute approximate surface area is 104 Å². The smallest absolute Gasteiger partial charge is 0.0948 e. The number of nitrogens with zero attached hydrogens (tertiary/aromatic N) is 3. The minimum absolute atomic E-state index is 0.391. The van der Waals surface area contributed by atoms with E-state index in [9.17, 15) is 0 Å². The van der Waals surface area contributed by atoms with Gasteiger partial charge in [0.05, 0.1) is 12.0 Å². The summed E-state index contributed by atoms with van der Waals surface area (Å²) < 4.78 is 2.27. The van der Waals surface area contributed by atoms with Crippen molar-refractivity contribution < 1.29 is 0 Å². The Balaban J connectivity index is 1.97. The van der Waals surface area contributed by atoms with E-state index in [2.05, 4.69) is 28.3 Å². The van der Waals surface area contributed by atoms with Gasteiger partial charge in [0.15, 0.2) is 0 Å². The van der Waals surface area contributed by atoms with Gasteiger partial charge in [-0.3, -0.25) is 4.90 Å². The van der Waals surface area contributed by atoms with Gasteiger partial charge in [-0.15, -0.1) is 0 Å². The Hall–Kier alpha value is -0.870. The first-order valence-corrected chi connectivity index (χ1v) is 6.69. The van der Waals surface area contributed by atoms with Crippen LogP contribution >= 0.6 is 0 Å². The predicted molar refractivity (Wildman–Crippen MR) is 69.6 cm³/mol. The zero-order chi connectivity index (χ0) is 12.3. The lowest BCUT2D eigenvalue weighted by atomic mass is 9.99. The summed E-state index contributed by atoms with van der Waals surface area (Å²) in [6.07, 6.45) is 7.33. The molecule has 96 valence electrons. The molecule has 4 nitrogen and oxygen atoms in total. The number of piperidine rings is 1. The summed E-state index contributed by atoms with van der Waals surface area (Å²) in [5.74, 6) is 0. The Bertz CT molecular complexity index is 347. The van der Waals surface area contributed by atoms with Crippen molar-refractivity contribution >= 4 is 0 Å². The van der Waals surface area contributed by atoms with Gasteiger partial charge in [-0.05, 0) is 26.2 Å². The van der Waals surface area contributed by atoms with Crippen LogP contribution in [0.3, 0.4) is 0 Å². The maximum Gasteiger partial charge on any atom is 0.0948 e. The standard InChI is InChI=1S/C13H24N4/c1-3-5-17-10-15-8-13(17)9-16-6-4-12(14)7-11(16)2/h8,10-12H,3-7,9,14H2,1-2H3. The lowest BCUT2D eigenvalue weighted by Gasteiger charge is -2.36. The van der Waals surface area contributed by atoms with Gasteiger partial charge in [0, 0.05) is 37.9 Å². The van der Waals surface area contributed by atoms with Crippen molar-refractivity contribution in [1.29, 1.82) is 0 Å². The van der Waals surface area contributed by atoms with E-state index in [1.807, 2.05) is 12.5 Å². The molecule has 0 aliphatic carbocycles. The van der Waals surface area contributed by atoms with Gasteiger partial charge < -0.3 is 10.3 Å². The monoisotopic (exact) mass is 236 g/mol. The van der Waals surface area contributed by atoms with E-state index < -0.39 is 0 Å². The Morgan fingerprint density at radius 1 is 1.53 bits per heavy atom. The highest BCUT2D eigenvalue weighted by atomic mass is 15.2. The van der Waals surface area contributed by atoms with Crippen molar-refractivity contribution in [3.05, 3.63) is 18.2 Å². The second kappa shape index (κ2) is 5.65. The molecular weight excluding hydrogens is 212 g/mol. The second-order valence-electron chi connectivity index (χ2n) is 5.18. The molecule has 1 aromatic rings. The van der Waals surface area contributed by atoms with Crippen LogP contribution in [0.5, 0.6) is 0 Å². The SMILES string of the molecule is CCCn1cncc1CN1CCC(N)CC1C. The molecule has 0 saturated carbocycles. The zero-order valence-corrected chi connectivity index (χ0v) is 11.0. The highest BCUT2D eigenvalue weighted by Gasteiger charge is 2.23. The molecule has 2 heterocycles. The van der Waals surface area contributed by atoms with Crippen LogP contribution in [0.1, 0.15) is 38.8 Å². The average Bonchev–Trinajstić information content (AvgIpc) is 2.71. The summed E-state index contributed by atoms with van der Waals surface area (Å²) in [5.41, 5.74) is 7.32. The van der Waals surface area contributed by atoms with Crippen LogP contribution in [0, 0.1) is 0 Å². The maximum atomic E-state index is 5.99. The minimum atomic E-state index is 0.391. The van der Waals surface area contributed by atoms with Gasteiger partial charge in [0.2, 0.25) is 0 Å². The van der Waals surface area contributed by atoms with Crippen LogP contribution in [-0.2, 0) is 13.1 Å². The van der Waals surface area contributed by atoms with Crippen molar-refractivity contribution in [2.45, 2.75) is 58.3 Å². The number of aryl methyl sites for hydroxylation is 1. The number of imidazole rings is 1. The third-order valence-corrected chi connectivity index (χ3v) is 3.68. The average molecular weight is 236 g/mol. The van der Waals surface area contributed by atoms with Crippen LogP contribution in [0.4, 0.5) is 0 Å². The van der Waals surface area contributed by atoms with E-state index in [1.54, 1.807) is 0 Å². The van der Waals surface area contributed by atoms with Gasteiger partial charge in [0.1, 0.15) is 0 Å². The molecule has 2 unspecified atom stereocenters. The van der Waals surface area contributed by atoms with Crippen molar-refractivity contribution in [1.82, 2.24) is 14.5 Å². The first-order valence-electron chi connectivity index (χ1n) is 6.69. The summed E-state index contributed by atoms with van der Waals surface area (Å²) in [6, 6.07) is 0.977. The lowest BCUT2D eigenvalue weighted by molar-refractivity contribution is 0.136. The third kappa shape index (κ3) is 3.07.